The molecule has 0 saturated carbocycles. The molecule has 0 heterocycles. The topological polar surface area (TPSA) is 90.8 Å². The van der Waals surface area contributed by atoms with Crippen LogP contribution in [0.4, 0.5) is 0 Å². The van der Waals surface area contributed by atoms with Crippen LogP contribution in [0.15, 0.2) is 0 Å². The number of alkyl halides is 1. The van der Waals surface area contributed by atoms with E-state index in [0.717, 1.165) is 12.8 Å². The van der Waals surface area contributed by atoms with E-state index in [1.807, 2.05) is 6.92 Å². The number of ketones is 1. The Labute approximate surface area is 86.3 Å². The van der Waals surface area contributed by atoms with E-state index in [-0.39, 0.29) is 0 Å². The Balaban J connectivity index is 4.45. The quantitative estimate of drug-likeness (QED) is 0.238. The molecule has 6 heteroatoms. The van der Waals surface area contributed by atoms with Gasteiger partial charge in [0.15, 0.2) is 0 Å². The molecular formula is C8H11ClN2O3. The normalized spacial score (nSPS) is 11.6. The summed E-state index contributed by atoms with van der Waals surface area (Å²) in [6, 6.07) is 0. The molecule has 1 N–H and O–H groups in total. The zero-order valence-electron chi connectivity index (χ0n) is 7.73. The lowest BCUT2D eigenvalue weighted by molar-refractivity contribution is -0.136. The summed E-state index contributed by atoms with van der Waals surface area (Å²) in [7, 11) is 0. The van der Waals surface area contributed by atoms with Gasteiger partial charge in [-0.15, -0.1) is 11.6 Å². The molecule has 1 atom stereocenters. The second-order valence-corrected chi connectivity index (χ2v) is 3.25. The molecule has 0 rings (SSSR count). The molecule has 1 unspecified atom stereocenters. The van der Waals surface area contributed by atoms with Gasteiger partial charge in [-0.1, -0.05) is 19.8 Å². The summed E-state index contributed by atoms with van der Waals surface area (Å²) in [4.78, 5) is 24.0. The Morgan fingerprint density at radius 1 is 1.57 bits per heavy atom. The van der Waals surface area contributed by atoms with Crippen LogP contribution < -0.4 is 0 Å². The molecule has 0 bridgehead atoms. The van der Waals surface area contributed by atoms with Gasteiger partial charge < -0.3 is 10.6 Å². The van der Waals surface area contributed by atoms with Crippen LogP contribution in [0, 0.1) is 0 Å². The number of carbonyl (C=O) groups is 2. The Hall–Kier alpha value is -1.19. The minimum atomic E-state index is -1.57. The summed E-state index contributed by atoms with van der Waals surface area (Å²) in [5, 5.41) is 7.51. The lowest BCUT2D eigenvalue weighted by atomic mass is 10.1. The van der Waals surface area contributed by atoms with Gasteiger partial charge in [0.25, 0.3) is 5.78 Å². The maximum Gasteiger partial charge on any atom is 0.442 e. The Bertz CT molecular complexity index is 284. The minimum Gasteiger partial charge on any atom is -0.472 e. The first kappa shape index (κ1) is 12.8. The van der Waals surface area contributed by atoms with E-state index < -0.39 is 22.8 Å². The fourth-order valence-corrected chi connectivity index (χ4v) is 1.12. The molecule has 0 aromatic heterocycles. The molecule has 0 aromatic rings. The Morgan fingerprint density at radius 2 is 2.14 bits per heavy atom. The van der Waals surface area contributed by atoms with E-state index in [0.29, 0.717) is 6.42 Å². The van der Waals surface area contributed by atoms with Gasteiger partial charge in [-0.05, 0) is 6.42 Å². The first-order valence-corrected chi connectivity index (χ1v) is 4.61. The molecule has 0 saturated heterocycles. The summed E-state index contributed by atoms with van der Waals surface area (Å²) in [5.41, 5.74) is 7.35. The third-order valence-electron chi connectivity index (χ3n) is 1.63. The van der Waals surface area contributed by atoms with Crippen LogP contribution in [-0.2, 0) is 9.59 Å². The maximum atomic E-state index is 11.2. The lowest BCUT2D eigenvalue weighted by Crippen LogP contribution is -2.31. The number of carboxylic acid groups (broad SMARTS) is 1. The van der Waals surface area contributed by atoms with Crippen molar-refractivity contribution in [1.29, 1.82) is 0 Å². The highest BCUT2D eigenvalue weighted by atomic mass is 35.5. The largest absolute Gasteiger partial charge is 0.472 e. The van der Waals surface area contributed by atoms with Gasteiger partial charge in [-0.3, -0.25) is 4.79 Å². The predicted octanol–water partition coefficient (Wildman–Crippen LogP) is 1.11. The fraction of sp³-hybridized carbons (Fsp3) is 0.625. The number of carboxylic acids is 1. The predicted molar refractivity (Wildman–Crippen MR) is 50.4 cm³/mol. The van der Waals surface area contributed by atoms with Crippen molar-refractivity contribution >= 4 is 29.1 Å². The highest BCUT2D eigenvalue weighted by Crippen LogP contribution is 2.09. The van der Waals surface area contributed by atoms with Crippen molar-refractivity contribution in [2.45, 2.75) is 31.6 Å². The molecular weight excluding hydrogens is 208 g/mol. The van der Waals surface area contributed by atoms with Gasteiger partial charge in [-0.2, -0.15) is 4.79 Å². The number of carbonyl (C=O) groups excluding carboxylic acids is 1. The molecule has 5 nitrogen and oxygen atoms in total. The third kappa shape index (κ3) is 3.68. The van der Waals surface area contributed by atoms with Gasteiger partial charge in [0, 0.05) is 0 Å². The fourth-order valence-electron chi connectivity index (χ4n) is 0.860. The van der Waals surface area contributed by atoms with Crippen LogP contribution in [0.2, 0.25) is 0 Å². The SMILES string of the molecule is CCCCC(Cl)C(=O)C(=[N+]=[N-])C(=O)O. The molecule has 0 aliphatic heterocycles. The van der Waals surface area contributed by atoms with Gasteiger partial charge >= 0.3 is 11.7 Å². The summed E-state index contributed by atoms with van der Waals surface area (Å²) < 4.78 is 0. The maximum absolute atomic E-state index is 11.2. The molecule has 0 aliphatic carbocycles. The molecule has 0 fully saturated rings. The van der Waals surface area contributed by atoms with Crippen molar-refractivity contribution in [2.75, 3.05) is 0 Å². The molecule has 0 spiro atoms. The van der Waals surface area contributed by atoms with Crippen molar-refractivity contribution in [3.63, 3.8) is 0 Å². The molecule has 14 heavy (non-hydrogen) atoms. The number of hydrogen-bond donors (Lipinski definition) is 1. The first-order chi connectivity index (χ1) is 6.54. The van der Waals surface area contributed by atoms with Crippen molar-refractivity contribution in [1.82, 2.24) is 0 Å². The van der Waals surface area contributed by atoms with Crippen molar-refractivity contribution < 1.29 is 19.5 Å². The average Bonchev–Trinajstić information content (AvgIpc) is 2.14. The summed E-state index contributed by atoms with van der Waals surface area (Å²) in [6.07, 6.45) is 1.95. The Kier molecular flexibility index (Phi) is 5.76. The summed E-state index contributed by atoms with van der Waals surface area (Å²) in [6.45, 7) is 1.92. The average molecular weight is 219 g/mol. The number of aliphatic carboxylic acids is 1. The van der Waals surface area contributed by atoms with Crippen LogP contribution >= 0.6 is 11.6 Å². The van der Waals surface area contributed by atoms with E-state index in [9.17, 15) is 9.59 Å². The van der Waals surface area contributed by atoms with Gasteiger partial charge in [0.2, 0.25) is 0 Å². The first-order valence-electron chi connectivity index (χ1n) is 4.18. The second kappa shape index (κ2) is 6.29. The van der Waals surface area contributed by atoms with E-state index in [4.69, 9.17) is 22.2 Å². The molecule has 0 amide bonds. The minimum absolute atomic E-state index is 0.378. The van der Waals surface area contributed by atoms with Crippen molar-refractivity contribution in [2.24, 2.45) is 0 Å². The number of halogens is 1. The van der Waals surface area contributed by atoms with Crippen LogP contribution in [0.25, 0.3) is 5.53 Å². The smallest absolute Gasteiger partial charge is 0.442 e. The molecule has 78 valence electrons. The zero-order chi connectivity index (χ0) is 11.1. The third-order valence-corrected chi connectivity index (χ3v) is 2.05. The highest BCUT2D eigenvalue weighted by molar-refractivity contribution is 6.66. The van der Waals surface area contributed by atoms with Crippen LogP contribution in [0.1, 0.15) is 26.2 Å². The molecule has 0 radical (unpaired) electrons. The van der Waals surface area contributed by atoms with E-state index in [1.54, 1.807) is 0 Å². The molecule has 0 aromatic carbocycles. The Morgan fingerprint density at radius 3 is 2.50 bits per heavy atom. The van der Waals surface area contributed by atoms with Crippen LogP contribution in [0.3, 0.4) is 0 Å². The number of rotatable bonds is 6. The van der Waals surface area contributed by atoms with Crippen LogP contribution in [-0.4, -0.2) is 32.7 Å². The number of hydrogen-bond acceptors (Lipinski definition) is 2. The van der Waals surface area contributed by atoms with E-state index >= 15 is 0 Å². The number of unbranched alkanes of at least 4 members (excludes halogenated alkanes) is 1. The van der Waals surface area contributed by atoms with Crippen LogP contribution in [0.5, 0.6) is 0 Å². The second-order valence-electron chi connectivity index (χ2n) is 2.73. The standard InChI is InChI=1S/C8H11ClN2O3/c1-2-3-4-5(9)7(12)6(11-10)8(13)14/h5H,2-4H2,1H3,(H,13,14). The monoisotopic (exact) mass is 218 g/mol. The summed E-state index contributed by atoms with van der Waals surface area (Å²) in [5.74, 6) is -2.42. The number of Topliss-reactive ketones (excluding diaryl/α,β-unsaturated/α-hetero) is 1. The summed E-state index contributed by atoms with van der Waals surface area (Å²) >= 11 is 5.62. The van der Waals surface area contributed by atoms with Crippen molar-refractivity contribution in [3.8, 4) is 0 Å². The van der Waals surface area contributed by atoms with Gasteiger partial charge in [0.1, 0.15) is 5.38 Å². The van der Waals surface area contributed by atoms with E-state index in [1.165, 1.54) is 0 Å². The van der Waals surface area contributed by atoms with Gasteiger partial charge in [-0.25, -0.2) is 4.79 Å². The van der Waals surface area contributed by atoms with Crippen molar-refractivity contribution in [3.05, 3.63) is 5.53 Å². The van der Waals surface area contributed by atoms with E-state index in [2.05, 4.69) is 4.79 Å². The molecule has 0 aliphatic rings. The highest BCUT2D eigenvalue weighted by Gasteiger charge is 2.33. The number of nitrogens with zero attached hydrogens (tertiary/aromatic N) is 2. The van der Waals surface area contributed by atoms with Gasteiger partial charge in [0.05, 0.1) is 0 Å². The zero-order valence-corrected chi connectivity index (χ0v) is 8.49. The lowest BCUT2D eigenvalue weighted by Gasteiger charge is -2.01.